The Morgan fingerprint density at radius 3 is 2.27 bits per heavy atom. The highest BCUT2D eigenvalue weighted by molar-refractivity contribution is 6.39. The maximum atomic E-state index is 12.4. The van der Waals surface area contributed by atoms with E-state index in [2.05, 4.69) is 34.5 Å². The molecular weight excluding hydrogens is 369 g/mol. The third-order valence-electron chi connectivity index (χ3n) is 4.33. The molecule has 0 atom stereocenters. The van der Waals surface area contributed by atoms with Gasteiger partial charge in [0.15, 0.2) is 0 Å². The second kappa shape index (κ2) is 9.08. The van der Waals surface area contributed by atoms with Crippen molar-refractivity contribution in [3.8, 4) is 0 Å². The van der Waals surface area contributed by atoms with E-state index in [-0.39, 0.29) is 6.03 Å². The average Bonchev–Trinajstić information content (AvgIpc) is 2.66. The molecule has 0 saturated carbocycles. The van der Waals surface area contributed by atoms with E-state index < -0.39 is 0 Å². The number of nitrogens with zero attached hydrogens (tertiary/aromatic N) is 2. The minimum atomic E-state index is -0.167. The molecule has 2 aromatic carbocycles. The Hall–Kier alpha value is -2.01. The van der Waals surface area contributed by atoms with Gasteiger partial charge in [0.1, 0.15) is 0 Å². The Balaban J connectivity index is 1.47. The number of carbonyl (C=O) groups is 1. The summed E-state index contributed by atoms with van der Waals surface area (Å²) in [5.74, 6) is 0. The first kappa shape index (κ1) is 18.8. The van der Waals surface area contributed by atoms with Gasteiger partial charge in [0.2, 0.25) is 0 Å². The molecule has 1 fully saturated rings. The van der Waals surface area contributed by atoms with Crippen molar-refractivity contribution in [1.29, 1.82) is 0 Å². The van der Waals surface area contributed by atoms with Gasteiger partial charge in [-0.05, 0) is 17.7 Å². The number of halogens is 2. The van der Waals surface area contributed by atoms with Crippen LogP contribution in [0.15, 0.2) is 54.6 Å². The zero-order chi connectivity index (χ0) is 18.4. The summed E-state index contributed by atoms with van der Waals surface area (Å²) in [5, 5.41) is 3.70. The molecule has 1 heterocycles. The number of nitrogens with one attached hydrogen (secondary N) is 1. The van der Waals surface area contributed by atoms with Gasteiger partial charge in [0, 0.05) is 32.7 Å². The van der Waals surface area contributed by atoms with Crippen LogP contribution in [0.5, 0.6) is 0 Å². The van der Waals surface area contributed by atoms with Crippen LogP contribution in [-0.4, -0.2) is 48.6 Å². The summed E-state index contributed by atoms with van der Waals surface area (Å²) >= 11 is 12.2. The highest BCUT2D eigenvalue weighted by Gasteiger charge is 2.21. The van der Waals surface area contributed by atoms with Gasteiger partial charge in [-0.15, -0.1) is 0 Å². The molecule has 26 heavy (non-hydrogen) atoms. The van der Waals surface area contributed by atoms with Gasteiger partial charge in [-0.1, -0.05) is 71.8 Å². The van der Waals surface area contributed by atoms with Crippen molar-refractivity contribution in [3.63, 3.8) is 0 Å². The molecule has 0 aromatic heterocycles. The Kier molecular flexibility index (Phi) is 6.56. The molecule has 4 nitrogen and oxygen atoms in total. The van der Waals surface area contributed by atoms with Gasteiger partial charge in [-0.3, -0.25) is 4.90 Å². The van der Waals surface area contributed by atoms with Crippen molar-refractivity contribution in [2.24, 2.45) is 0 Å². The molecule has 1 aliphatic heterocycles. The normalized spacial score (nSPS) is 15.4. The van der Waals surface area contributed by atoms with Gasteiger partial charge in [0.05, 0.1) is 15.7 Å². The lowest BCUT2D eigenvalue weighted by Crippen LogP contribution is -2.49. The second-order valence-electron chi connectivity index (χ2n) is 6.13. The third-order valence-corrected chi connectivity index (χ3v) is 4.96. The predicted molar refractivity (Wildman–Crippen MR) is 109 cm³/mol. The number of anilines is 1. The minimum Gasteiger partial charge on any atom is -0.322 e. The fourth-order valence-electron chi connectivity index (χ4n) is 2.84. The molecule has 0 bridgehead atoms. The summed E-state index contributed by atoms with van der Waals surface area (Å²) in [6.45, 7) is 3.90. The van der Waals surface area contributed by atoms with Crippen molar-refractivity contribution < 1.29 is 4.79 Å². The number of hydrogen-bond donors (Lipinski definition) is 1. The molecule has 136 valence electrons. The van der Waals surface area contributed by atoms with Crippen LogP contribution < -0.4 is 5.32 Å². The molecule has 3 rings (SSSR count). The van der Waals surface area contributed by atoms with E-state index in [1.807, 2.05) is 18.2 Å². The lowest BCUT2D eigenvalue weighted by molar-refractivity contribution is 0.156. The van der Waals surface area contributed by atoms with Gasteiger partial charge < -0.3 is 10.2 Å². The number of amides is 2. The standard InChI is InChI=1S/C20H21Cl2N3O/c21-17-9-4-10-18(22)19(17)23-20(26)25-14-12-24(13-15-25)11-5-8-16-6-2-1-3-7-16/h1-10H,11-15H2,(H,23,26)/b8-5-. The van der Waals surface area contributed by atoms with E-state index in [9.17, 15) is 4.79 Å². The highest BCUT2D eigenvalue weighted by Crippen LogP contribution is 2.30. The SMILES string of the molecule is O=C(Nc1c(Cl)cccc1Cl)N1CCN(C/C=C\c2ccccc2)CC1. The van der Waals surface area contributed by atoms with Crippen LogP contribution in [-0.2, 0) is 0 Å². The number of urea groups is 1. The quantitative estimate of drug-likeness (QED) is 0.810. The Morgan fingerprint density at radius 1 is 0.962 bits per heavy atom. The number of benzene rings is 2. The molecule has 1 saturated heterocycles. The van der Waals surface area contributed by atoms with Crippen molar-refractivity contribution in [2.45, 2.75) is 0 Å². The number of hydrogen-bond acceptors (Lipinski definition) is 2. The van der Waals surface area contributed by atoms with E-state index in [1.165, 1.54) is 5.56 Å². The van der Waals surface area contributed by atoms with Crippen LogP contribution in [0.3, 0.4) is 0 Å². The zero-order valence-corrected chi connectivity index (χ0v) is 15.9. The number of rotatable bonds is 4. The number of carbonyl (C=O) groups excluding carboxylic acids is 1. The van der Waals surface area contributed by atoms with E-state index in [4.69, 9.17) is 23.2 Å². The maximum Gasteiger partial charge on any atom is 0.322 e. The number of para-hydroxylation sites is 1. The molecule has 0 spiro atoms. The molecule has 6 heteroatoms. The van der Waals surface area contributed by atoms with Crippen molar-refractivity contribution in [2.75, 3.05) is 38.0 Å². The smallest absolute Gasteiger partial charge is 0.322 e. The van der Waals surface area contributed by atoms with E-state index in [0.29, 0.717) is 28.8 Å². The lowest BCUT2D eigenvalue weighted by atomic mass is 10.2. The third kappa shape index (κ3) is 5.01. The van der Waals surface area contributed by atoms with Crippen molar-refractivity contribution >= 4 is 41.0 Å². The second-order valence-corrected chi connectivity index (χ2v) is 6.94. The first-order valence-corrected chi connectivity index (χ1v) is 9.33. The van der Waals surface area contributed by atoms with Crippen molar-refractivity contribution in [3.05, 3.63) is 70.2 Å². The Labute approximate surface area is 164 Å². The summed E-state index contributed by atoms with van der Waals surface area (Å²) in [4.78, 5) is 16.6. The topological polar surface area (TPSA) is 35.6 Å². The van der Waals surface area contributed by atoms with E-state index >= 15 is 0 Å². The van der Waals surface area contributed by atoms with Crippen LogP contribution in [0.25, 0.3) is 6.08 Å². The van der Waals surface area contributed by atoms with Crippen LogP contribution in [0, 0.1) is 0 Å². The van der Waals surface area contributed by atoms with Gasteiger partial charge in [0.25, 0.3) is 0 Å². The average molecular weight is 390 g/mol. The molecule has 0 unspecified atom stereocenters. The largest absolute Gasteiger partial charge is 0.322 e. The molecule has 1 N–H and O–H groups in total. The highest BCUT2D eigenvalue weighted by atomic mass is 35.5. The monoisotopic (exact) mass is 389 g/mol. The molecule has 0 radical (unpaired) electrons. The van der Waals surface area contributed by atoms with E-state index in [0.717, 1.165) is 19.6 Å². The van der Waals surface area contributed by atoms with Crippen LogP contribution in [0.4, 0.5) is 10.5 Å². The summed E-state index contributed by atoms with van der Waals surface area (Å²) in [7, 11) is 0. The molecule has 0 aliphatic carbocycles. The van der Waals surface area contributed by atoms with Crippen LogP contribution in [0.1, 0.15) is 5.56 Å². The summed E-state index contributed by atoms with van der Waals surface area (Å²) in [6.07, 6.45) is 4.28. The first-order chi connectivity index (χ1) is 12.6. The fourth-order valence-corrected chi connectivity index (χ4v) is 3.33. The minimum absolute atomic E-state index is 0.167. The maximum absolute atomic E-state index is 12.4. The fraction of sp³-hybridized carbons (Fsp3) is 0.250. The first-order valence-electron chi connectivity index (χ1n) is 8.57. The van der Waals surface area contributed by atoms with Crippen LogP contribution >= 0.6 is 23.2 Å². The van der Waals surface area contributed by atoms with E-state index in [1.54, 1.807) is 23.1 Å². The molecule has 2 amide bonds. The Morgan fingerprint density at radius 2 is 1.62 bits per heavy atom. The van der Waals surface area contributed by atoms with Gasteiger partial charge in [-0.2, -0.15) is 0 Å². The predicted octanol–water partition coefficient (Wildman–Crippen LogP) is 4.86. The molecule has 1 aliphatic rings. The van der Waals surface area contributed by atoms with Crippen molar-refractivity contribution in [1.82, 2.24) is 9.80 Å². The zero-order valence-electron chi connectivity index (χ0n) is 14.4. The summed E-state index contributed by atoms with van der Waals surface area (Å²) in [6, 6.07) is 15.2. The Bertz CT molecular complexity index is 752. The summed E-state index contributed by atoms with van der Waals surface area (Å²) < 4.78 is 0. The van der Waals surface area contributed by atoms with Gasteiger partial charge in [-0.25, -0.2) is 4.79 Å². The number of piperazine rings is 1. The lowest BCUT2D eigenvalue weighted by Gasteiger charge is -2.34. The van der Waals surface area contributed by atoms with Crippen LogP contribution in [0.2, 0.25) is 10.0 Å². The summed E-state index contributed by atoms with van der Waals surface area (Å²) in [5.41, 5.74) is 1.66. The molecule has 2 aromatic rings. The molecular formula is C20H21Cl2N3O. The van der Waals surface area contributed by atoms with Gasteiger partial charge >= 0.3 is 6.03 Å².